The average Bonchev–Trinajstić information content (AvgIpc) is 3.72. The van der Waals surface area contributed by atoms with E-state index < -0.39 is 89.6 Å². The first-order valence-corrected chi connectivity index (χ1v) is 16.1. The summed E-state index contributed by atoms with van der Waals surface area (Å²) in [5.74, 6) is -0.627. The molecule has 7 rings (SSSR count). The molecule has 0 radical (unpaired) electrons. The second-order valence-corrected chi connectivity index (χ2v) is 13.1. The minimum atomic E-state index is -5.17. The van der Waals surface area contributed by atoms with Crippen molar-refractivity contribution in [2.45, 2.75) is 49.1 Å². The van der Waals surface area contributed by atoms with Crippen LogP contribution in [-0.2, 0) is 36.7 Å². The molecule has 7 heterocycles. The molecule has 2 bridgehead atoms. The molecule has 0 saturated carbocycles. The first kappa shape index (κ1) is 31.1. The number of aromatic nitrogens is 8. The van der Waals surface area contributed by atoms with E-state index in [1.807, 2.05) is 0 Å². The monoisotopic (exact) mass is 692 g/mol. The molecule has 3 saturated heterocycles. The zero-order valence-corrected chi connectivity index (χ0v) is 24.5. The van der Waals surface area contributed by atoms with Gasteiger partial charge in [0.05, 0.1) is 25.9 Å². The molecule has 2 unspecified atom stereocenters. The van der Waals surface area contributed by atoms with Gasteiger partial charge in [-0.15, -0.1) is 0 Å². The topological polar surface area (TPSA) is 330 Å². The molecule has 10 atom stereocenters. The van der Waals surface area contributed by atoms with Crippen molar-refractivity contribution in [1.82, 2.24) is 39.0 Å². The molecule has 0 spiro atoms. The summed E-state index contributed by atoms with van der Waals surface area (Å²) in [4.78, 5) is 54.6. The van der Waals surface area contributed by atoms with E-state index in [0.29, 0.717) is 0 Å². The quantitative estimate of drug-likeness (QED) is 0.0865. The summed E-state index contributed by atoms with van der Waals surface area (Å²) >= 11 is 0. The Balaban J connectivity index is 1.21. The summed E-state index contributed by atoms with van der Waals surface area (Å²) in [5, 5.41) is 22.1. The molecule has 0 amide bonds. The lowest BCUT2D eigenvalue weighted by Crippen LogP contribution is -2.36. The van der Waals surface area contributed by atoms with Gasteiger partial charge in [-0.05, 0) is 0 Å². The van der Waals surface area contributed by atoms with Gasteiger partial charge in [0.25, 0.3) is 5.56 Å². The molecule has 0 aliphatic carbocycles. The third-order valence-corrected chi connectivity index (χ3v) is 9.33. The second-order valence-electron chi connectivity index (χ2n) is 10.3. The Hall–Kier alpha value is -3.51. The van der Waals surface area contributed by atoms with E-state index in [1.54, 1.807) is 0 Å². The average molecular weight is 692 g/mol. The number of hydrogen-bond donors (Lipinski definition) is 7. The van der Waals surface area contributed by atoms with Gasteiger partial charge in [-0.25, -0.2) is 19.1 Å². The number of nitrogens with one attached hydrogen (secondary N) is 1. The van der Waals surface area contributed by atoms with E-state index in [2.05, 4.69) is 29.9 Å². The van der Waals surface area contributed by atoms with Gasteiger partial charge in [0.1, 0.15) is 36.6 Å². The van der Waals surface area contributed by atoms with E-state index in [-0.39, 0.29) is 34.1 Å². The van der Waals surface area contributed by atoms with Crippen LogP contribution in [0.4, 0.5) is 16.2 Å². The first-order chi connectivity index (χ1) is 21.7. The van der Waals surface area contributed by atoms with Crippen molar-refractivity contribution in [2.75, 3.05) is 24.7 Å². The number of phosphoric ester groups is 2. The molecule has 4 aromatic rings. The number of anilines is 2. The fourth-order valence-corrected chi connectivity index (χ4v) is 7.23. The number of aliphatic hydroxyl groups is 2. The molecule has 0 aromatic carbocycles. The molecule has 46 heavy (non-hydrogen) atoms. The standard InChI is InChI=1S/C20H23FN10O13P2/c21-19-26-13(22)7-14(27-19)30(3-24-7)17-10(33)11-6(42-17)2-40-46(37,38)44-12-9(32)5(1-39-45(35,36)43-11)41-18(12)31-4-25-8-15(31)28-20(23)29-16(8)34/h3-6,9-12,17-18,32-33H,1-2H2,(H,35,36)(H,37,38)(H2,22,26,27)(H3,23,28,29,34)/t5-,6-,9-,10-,11-,12-,17-,18-/m1/s1. The number of imidazole rings is 2. The van der Waals surface area contributed by atoms with Crippen molar-refractivity contribution in [3.8, 4) is 0 Å². The van der Waals surface area contributed by atoms with E-state index in [1.165, 1.54) is 0 Å². The number of aromatic amines is 1. The Morgan fingerprint density at radius 3 is 2.15 bits per heavy atom. The molecule has 4 aromatic heterocycles. The Labute approximate surface area is 253 Å². The van der Waals surface area contributed by atoms with Crippen molar-refractivity contribution >= 4 is 49.7 Å². The van der Waals surface area contributed by atoms with Crippen molar-refractivity contribution in [3.05, 3.63) is 29.1 Å². The SMILES string of the molecule is Nc1nc2c(ncn2[C@@H]2O[C@@H]3COP(=O)(O)O[C@H]4[C@@H](O)[C@H](n5cnc6c(N)nc(F)nc65)O[C@@H]4COP(=O)(O)O[C@@H]2[C@@H]3O)c(=O)[nH]1. The number of phosphoric acid groups is 2. The largest absolute Gasteiger partial charge is 0.472 e. The number of hydrogen-bond acceptors (Lipinski definition) is 18. The Morgan fingerprint density at radius 1 is 0.848 bits per heavy atom. The summed E-state index contributed by atoms with van der Waals surface area (Å²) in [7, 11) is -10.3. The van der Waals surface area contributed by atoms with Crippen molar-refractivity contribution in [1.29, 1.82) is 0 Å². The summed E-state index contributed by atoms with van der Waals surface area (Å²) in [6.45, 7) is -1.77. The molecule has 248 valence electrons. The number of aliphatic hydroxyl groups excluding tert-OH is 2. The van der Waals surface area contributed by atoms with Gasteiger partial charge in [0.2, 0.25) is 5.95 Å². The second kappa shape index (κ2) is 11.0. The molecular formula is C20H23FN10O13P2. The highest BCUT2D eigenvalue weighted by atomic mass is 31.2. The smallest absolute Gasteiger partial charge is 0.387 e. The first-order valence-electron chi connectivity index (χ1n) is 13.1. The molecule has 9 N–H and O–H groups in total. The highest BCUT2D eigenvalue weighted by Crippen LogP contribution is 2.53. The van der Waals surface area contributed by atoms with Crippen LogP contribution in [0, 0.1) is 6.08 Å². The summed E-state index contributed by atoms with van der Waals surface area (Å²) in [5.41, 5.74) is 9.99. The van der Waals surface area contributed by atoms with Gasteiger partial charge in [-0.2, -0.15) is 19.3 Å². The minimum absolute atomic E-state index is 0.0577. The van der Waals surface area contributed by atoms with Gasteiger partial charge in [0, 0.05) is 0 Å². The van der Waals surface area contributed by atoms with Crippen molar-refractivity contribution < 1.29 is 61.1 Å². The van der Waals surface area contributed by atoms with Crippen LogP contribution in [0.25, 0.3) is 22.3 Å². The molecule has 26 heteroatoms. The number of fused-ring (bicyclic) bond motifs is 5. The molecule has 3 aliphatic rings. The molecule has 23 nitrogen and oxygen atoms in total. The van der Waals surface area contributed by atoms with Crippen LogP contribution in [0.5, 0.6) is 0 Å². The van der Waals surface area contributed by atoms with Gasteiger partial charge in [-0.1, -0.05) is 0 Å². The maximum atomic E-state index is 13.9. The van der Waals surface area contributed by atoms with E-state index in [9.17, 15) is 38.3 Å². The number of nitrogens with two attached hydrogens (primary N) is 2. The van der Waals surface area contributed by atoms with Gasteiger partial charge < -0.3 is 40.9 Å². The zero-order chi connectivity index (χ0) is 32.7. The predicted molar refractivity (Wildman–Crippen MR) is 143 cm³/mol. The number of nitrogens with zero attached hydrogens (tertiary/aromatic N) is 7. The normalized spacial score (nSPS) is 37.2. The highest BCUT2D eigenvalue weighted by Gasteiger charge is 2.54. The van der Waals surface area contributed by atoms with Gasteiger partial charge >= 0.3 is 21.7 Å². The van der Waals surface area contributed by atoms with Gasteiger partial charge in [-0.3, -0.25) is 37.0 Å². The fraction of sp³-hybridized carbons (Fsp3) is 0.500. The van der Waals surface area contributed by atoms with Crippen LogP contribution in [0.1, 0.15) is 12.5 Å². The van der Waals surface area contributed by atoms with Gasteiger partial charge in [0.15, 0.2) is 40.6 Å². The van der Waals surface area contributed by atoms with E-state index >= 15 is 0 Å². The van der Waals surface area contributed by atoms with Crippen molar-refractivity contribution in [3.63, 3.8) is 0 Å². The van der Waals surface area contributed by atoms with E-state index in [0.717, 1.165) is 21.8 Å². The minimum Gasteiger partial charge on any atom is -0.387 e. The molecular weight excluding hydrogens is 669 g/mol. The predicted octanol–water partition coefficient (Wildman–Crippen LogP) is -2.20. The number of H-pyrrole nitrogens is 1. The number of halogens is 1. The lowest BCUT2D eigenvalue weighted by molar-refractivity contribution is -0.0672. The summed E-state index contributed by atoms with van der Waals surface area (Å²) in [6.07, 6.45) is -12.4. The van der Waals surface area contributed by atoms with Crippen LogP contribution in [0.3, 0.4) is 0 Å². The number of rotatable bonds is 2. The maximum absolute atomic E-state index is 13.9. The molecule has 3 fully saturated rings. The van der Waals surface area contributed by atoms with Crippen LogP contribution in [0.15, 0.2) is 17.4 Å². The van der Waals surface area contributed by atoms with E-state index in [4.69, 9.17) is 39.0 Å². The Bertz CT molecular complexity index is 1990. The maximum Gasteiger partial charge on any atom is 0.472 e. The number of ether oxygens (including phenoxy) is 2. The third-order valence-electron chi connectivity index (χ3n) is 7.36. The molecule has 3 aliphatic heterocycles. The highest BCUT2D eigenvalue weighted by molar-refractivity contribution is 7.47. The van der Waals surface area contributed by atoms with Crippen LogP contribution >= 0.6 is 15.6 Å². The fourth-order valence-electron chi connectivity index (χ4n) is 5.34. The lowest BCUT2D eigenvalue weighted by Gasteiger charge is -2.25. The lowest BCUT2D eigenvalue weighted by atomic mass is 10.1. The Kier molecular flexibility index (Phi) is 7.47. The zero-order valence-electron chi connectivity index (χ0n) is 22.7. The van der Waals surface area contributed by atoms with Crippen LogP contribution < -0.4 is 17.0 Å². The van der Waals surface area contributed by atoms with Crippen LogP contribution in [-0.4, -0.2) is 109 Å². The number of nitrogen functional groups attached to an aromatic ring is 2. The summed E-state index contributed by atoms with van der Waals surface area (Å²) < 4.78 is 74.5. The van der Waals surface area contributed by atoms with Crippen LogP contribution in [0.2, 0.25) is 0 Å². The summed E-state index contributed by atoms with van der Waals surface area (Å²) in [6, 6.07) is 0. The third kappa shape index (κ3) is 5.36. The van der Waals surface area contributed by atoms with Crippen molar-refractivity contribution in [2.24, 2.45) is 0 Å². The Morgan fingerprint density at radius 2 is 1.43 bits per heavy atom.